The molecule has 0 fully saturated rings. The quantitative estimate of drug-likeness (QED) is 0.377. The van der Waals surface area contributed by atoms with Crippen LogP contribution in [-0.4, -0.2) is 4.57 Å². The van der Waals surface area contributed by atoms with E-state index < -0.39 is 0 Å². The Bertz CT molecular complexity index is 1020. The van der Waals surface area contributed by atoms with Crippen molar-refractivity contribution in [2.24, 2.45) is 7.05 Å². The molecule has 0 amide bonds. The second-order valence-corrected chi connectivity index (χ2v) is 5.94. The first-order chi connectivity index (χ1) is 10.3. The summed E-state index contributed by atoms with van der Waals surface area (Å²) < 4.78 is 2.31. The molecule has 1 aliphatic rings. The van der Waals surface area contributed by atoms with E-state index in [2.05, 4.69) is 72.3 Å². The lowest BCUT2D eigenvalue weighted by Gasteiger charge is -2.03. The maximum absolute atomic E-state index is 2.39. The number of hydrogen-bond acceptors (Lipinski definition) is 0. The summed E-state index contributed by atoms with van der Waals surface area (Å²) in [6.07, 6.45) is 1.06. The molecule has 1 aromatic heterocycles. The van der Waals surface area contributed by atoms with Gasteiger partial charge in [0.25, 0.3) is 0 Å². The second kappa shape index (κ2) is 3.76. The zero-order valence-corrected chi connectivity index (χ0v) is 11.9. The molecule has 100 valence electrons. The van der Waals surface area contributed by atoms with Crippen LogP contribution in [0.5, 0.6) is 0 Å². The van der Waals surface area contributed by atoms with Gasteiger partial charge in [-0.3, -0.25) is 0 Å². The summed E-state index contributed by atoms with van der Waals surface area (Å²) in [7, 11) is 2.17. The molecular formula is C20H15N. The van der Waals surface area contributed by atoms with Crippen LogP contribution in [0.1, 0.15) is 11.1 Å². The minimum absolute atomic E-state index is 1.06. The zero-order chi connectivity index (χ0) is 14.0. The highest BCUT2D eigenvalue weighted by molar-refractivity contribution is 6.10. The topological polar surface area (TPSA) is 4.93 Å². The summed E-state index contributed by atoms with van der Waals surface area (Å²) in [6.45, 7) is 0. The Morgan fingerprint density at radius 2 is 1.52 bits per heavy atom. The largest absolute Gasteiger partial charge is 0.344 e. The number of rotatable bonds is 0. The van der Waals surface area contributed by atoms with Crippen molar-refractivity contribution in [2.75, 3.05) is 0 Å². The zero-order valence-electron chi connectivity index (χ0n) is 11.9. The third-order valence-electron chi connectivity index (χ3n) is 4.83. The van der Waals surface area contributed by atoms with Gasteiger partial charge in [0.15, 0.2) is 0 Å². The molecule has 0 bridgehead atoms. The highest BCUT2D eigenvalue weighted by Gasteiger charge is 2.20. The van der Waals surface area contributed by atoms with E-state index in [1.807, 2.05) is 0 Å². The molecule has 21 heavy (non-hydrogen) atoms. The Morgan fingerprint density at radius 1 is 0.714 bits per heavy atom. The molecule has 1 nitrogen and oxygen atoms in total. The Hall–Kier alpha value is -2.54. The van der Waals surface area contributed by atoms with E-state index in [4.69, 9.17) is 0 Å². The number of aryl methyl sites for hydroxylation is 1. The number of nitrogens with zero attached hydrogens (tertiary/aromatic N) is 1. The van der Waals surface area contributed by atoms with Crippen molar-refractivity contribution in [3.8, 4) is 11.1 Å². The Morgan fingerprint density at radius 3 is 2.48 bits per heavy atom. The molecule has 0 unspecified atom stereocenters. The number of para-hydroxylation sites is 1. The van der Waals surface area contributed by atoms with E-state index in [0.29, 0.717) is 0 Å². The van der Waals surface area contributed by atoms with E-state index >= 15 is 0 Å². The van der Waals surface area contributed by atoms with Crippen molar-refractivity contribution in [3.63, 3.8) is 0 Å². The standard InChI is InChI=1S/C20H15N/c1-21-19-9-5-4-8-16(19)18-12-17-14(11-20(18)21)10-13-6-2-3-7-15(13)17/h2-9,11-12H,10H2,1H3. The van der Waals surface area contributed by atoms with Gasteiger partial charge in [-0.25, -0.2) is 0 Å². The van der Waals surface area contributed by atoms with Gasteiger partial charge in [-0.05, 0) is 46.9 Å². The molecule has 1 heteroatoms. The summed E-state index contributed by atoms with van der Waals surface area (Å²) >= 11 is 0. The highest BCUT2D eigenvalue weighted by Crippen LogP contribution is 2.40. The number of benzene rings is 3. The minimum Gasteiger partial charge on any atom is -0.344 e. The maximum Gasteiger partial charge on any atom is 0.0492 e. The van der Waals surface area contributed by atoms with Crippen LogP contribution in [-0.2, 0) is 13.5 Å². The van der Waals surface area contributed by atoms with Gasteiger partial charge in [-0.1, -0.05) is 42.5 Å². The second-order valence-electron chi connectivity index (χ2n) is 5.94. The normalized spacial score (nSPS) is 12.8. The lowest BCUT2D eigenvalue weighted by molar-refractivity contribution is 1.01. The van der Waals surface area contributed by atoms with Crippen molar-refractivity contribution < 1.29 is 0 Å². The molecule has 1 heterocycles. The van der Waals surface area contributed by atoms with Crippen molar-refractivity contribution in [1.82, 2.24) is 4.57 Å². The predicted octanol–water partition coefficient (Wildman–Crippen LogP) is 4.90. The van der Waals surface area contributed by atoms with Crippen LogP contribution in [0.25, 0.3) is 32.9 Å². The van der Waals surface area contributed by atoms with Crippen LogP contribution in [0.15, 0.2) is 60.7 Å². The minimum atomic E-state index is 1.06. The molecule has 0 saturated heterocycles. The van der Waals surface area contributed by atoms with Gasteiger partial charge in [0.2, 0.25) is 0 Å². The summed E-state index contributed by atoms with van der Waals surface area (Å²) in [5, 5.41) is 2.71. The molecule has 0 spiro atoms. The fourth-order valence-corrected chi connectivity index (χ4v) is 3.79. The van der Waals surface area contributed by atoms with E-state index in [9.17, 15) is 0 Å². The molecule has 4 aromatic rings. The molecular weight excluding hydrogens is 254 g/mol. The predicted molar refractivity (Wildman–Crippen MR) is 88.7 cm³/mol. The van der Waals surface area contributed by atoms with E-state index in [0.717, 1.165) is 6.42 Å². The van der Waals surface area contributed by atoms with Gasteiger partial charge >= 0.3 is 0 Å². The molecule has 3 aromatic carbocycles. The van der Waals surface area contributed by atoms with Gasteiger partial charge in [0.1, 0.15) is 0 Å². The monoisotopic (exact) mass is 269 g/mol. The van der Waals surface area contributed by atoms with Crippen LogP contribution in [0.4, 0.5) is 0 Å². The number of hydrogen-bond donors (Lipinski definition) is 0. The van der Waals surface area contributed by atoms with Gasteiger partial charge in [-0.15, -0.1) is 0 Å². The van der Waals surface area contributed by atoms with E-state index in [1.165, 1.54) is 44.1 Å². The van der Waals surface area contributed by atoms with Crippen LogP contribution in [0, 0.1) is 0 Å². The molecule has 0 saturated carbocycles. The molecule has 0 radical (unpaired) electrons. The maximum atomic E-state index is 2.39. The Balaban J connectivity index is 1.94. The SMILES string of the molecule is Cn1c2ccccc2c2cc3c(cc21)Cc1ccccc1-3. The number of fused-ring (bicyclic) bond motifs is 6. The van der Waals surface area contributed by atoms with E-state index in [-0.39, 0.29) is 0 Å². The van der Waals surface area contributed by atoms with Crippen LogP contribution in [0.3, 0.4) is 0 Å². The van der Waals surface area contributed by atoms with Crippen molar-refractivity contribution in [3.05, 3.63) is 71.8 Å². The smallest absolute Gasteiger partial charge is 0.0492 e. The third-order valence-corrected chi connectivity index (χ3v) is 4.83. The first-order valence-electron chi connectivity index (χ1n) is 7.41. The molecule has 0 N–H and O–H groups in total. The summed E-state index contributed by atoms with van der Waals surface area (Å²) in [5.74, 6) is 0. The fraction of sp³-hybridized carbons (Fsp3) is 0.100. The fourth-order valence-electron chi connectivity index (χ4n) is 3.79. The van der Waals surface area contributed by atoms with Gasteiger partial charge < -0.3 is 4.57 Å². The van der Waals surface area contributed by atoms with Crippen LogP contribution >= 0.6 is 0 Å². The summed E-state index contributed by atoms with van der Waals surface area (Å²) in [5.41, 5.74) is 8.37. The highest BCUT2D eigenvalue weighted by atomic mass is 14.9. The third kappa shape index (κ3) is 1.36. The van der Waals surface area contributed by atoms with Crippen molar-refractivity contribution >= 4 is 21.8 Å². The van der Waals surface area contributed by atoms with Crippen molar-refractivity contribution in [2.45, 2.75) is 6.42 Å². The summed E-state index contributed by atoms with van der Waals surface area (Å²) in [4.78, 5) is 0. The Labute approximate surface area is 123 Å². The first kappa shape index (κ1) is 11.2. The average Bonchev–Trinajstić information content (AvgIpc) is 3.02. The first-order valence-corrected chi connectivity index (χ1v) is 7.41. The van der Waals surface area contributed by atoms with E-state index in [1.54, 1.807) is 0 Å². The summed E-state index contributed by atoms with van der Waals surface area (Å²) in [6, 6.07) is 22.2. The molecule has 1 aliphatic carbocycles. The van der Waals surface area contributed by atoms with Gasteiger partial charge in [-0.2, -0.15) is 0 Å². The molecule has 0 aliphatic heterocycles. The van der Waals surface area contributed by atoms with Gasteiger partial charge in [0, 0.05) is 28.9 Å². The molecule has 0 atom stereocenters. The van der Waals surface area contributed by atoms with Gasteiger partial charge in [0.05, 0.1) is 0 Å². The lowest BCUT2D eigenvalue weighted by atomic mass is 10.0. The van der Waals surface area contributed by atoms with Crippen LogP contribution in [0.2, 0.25) is 0 Å². The average molecular weight is 269 g/mol. The number of aromatic nitrogens is 1. The molecule has 5 rings (SSSR count). The van der Waals surface area contributed by atoms with Crippen molar-refractivity contribution in [1.29, 1.82) is 0 Å². The van der Waals surface area contributed by atoms with Crippen LogP contribution < -0.4 is 0 Å². The Kier molecular flexibility index (Phi) is 2.00. The lowest BCUT2D eigenvalue weighted by Crippen LogP contribution is -1.88.